The van der Waals surface area contributed by atoms with Gasteiger partial charge in [-0.25, -0.2) is 14.5 Å². The quantitative estimate of drug-likeness (QED) is 0.719. The number of hydrogen-bond acceptors (Lipinski definition) is 1. The molecule has 0 saturated carbocycles. The van der Waals surface area contributed by atoms with Crippen molar-refractivity contribution < 1.29 is 4.57 Å². The molecule has 3 heteroatoms. The number of nitrogens with one attached hydrogen (secondary N) is 1. The number of para-hydroxylation sites is 1. The number of fused-ring (bicyclic) bond motifs is 1. The lowest BCUT2D eigenvalue weighted by Gasteiger charge is -2.13. The zero-order chi connectivity index (χ0) is 11.1. The summed E-state index contributed by atoms with van der Waals surface area (Å²) < 4.78 is 2.13. The highest BCUT2D eigenvalue weighted by Crippen LogP contribution is 2.34. The van der Waals surface area contributed by atoms with Crippen molar-refractivity contribution in [2.45, 2.75) is 13.3 Å². The molecule has 1 aromatic heterocycles. The average Bonchev–Trinajstić information content (AvgIpc) is 2.84. The first kappa shape index (κ1) is 9.46. The Morgan fingerprint density at radius 2 is 2.25 bits per heavy atom. The van der Waals surface area contributed by atoms with Gasteiger partial charge in [0.2, 0.25) is 0 Å². The van der Waals surface area contributed by atoms with Crippen molar-refractivity contribution in [3.05, 3.63) is 41.7 Å². The number of imidazole rings is 1. The van der Waals surface area contributed by atoms with Crippen molar-refractivity contribution in [2.75, 3.05) is 11.4 Å². The molecule has 82 valence electrons. The molecule has 1 N–H and O–H groups in total. The number of benzene rings is 1. The number of anilines is 2. The van der Waals surface area contributed by atoms with Gasteiger partial charge in [0.15, 0.2) is 0 Å². The normalized spacial score (nSPS) is 14.2. The van der Waals surface area contributed by atoms with Gasteiger partial charge in [0.05, 0.1) is 26.0 Å². The van der Waals surface area contributed by atoms with Crippen LogP contribution in [0.1, 0.15) is 11.1 Å². The summed E-state index contributed by atoms with van der Waals surface area (Å²) in [6, 6.07) is 6.55. The topological polar surface area (TPSA) is 22.9 Å². The van der Waals surface area contributed by atoms with Gasteiger partial charge in [0, 0.05) is 6.42 Å². The Hall–Kier alpha value is -1.77. The molecular weight excluding hydrogens is 198 g/mol. The molecule has 3 rings (SSSR count). The van der Waals surface area contributed by atoms with Gasteiger partial charge >= 0.3 is 5.95 Å². The van der Waals surface area contributed by atoms with E-state index in [0.717, 1.165) is 18.9 Å². The van der Waals surface area contributed by atoms with E-state index < -0.39 is 0 Å². The zero-order valence-electron chi connectivity index (χ0n) is 9.70. The van der Waals surface area contributed by atoms with Crippen LogP contribution in [0.4, 0.5) is 11.6 Å². The smallest absolute Gasteiger partial charge is 0.248 e. The van der Waals surface area contributed by atoms with Gasteiger partial charge in [-0.15, -0.1) is 0 Å². The summed E-state index contributed by atoms with van der Waals surface area (Å²) in [5.74, 6) is 1.16. The molecule has 0 unspecified atom stereocenters. The van der Waals surface area contributed by atoms with Gasteiger partial charge in [-0.1, -0.05) is 18.2 Å². The first-order valence-corrected chi connectivity index (χ1v) is 5.66. The monoisotopic (exact) mass is 214 g/mol. The number of H-pyrrole nitrogens is 1. The number of aromatic amines is 1. The van der Waals surface area contributed by atoms with E-state index in [0.29, 0.717) is 0 Å². The average molecular weight is 214 g/mol. The van der Waals surface area contributed by atoms with Crippen LogP contribution in [0.2, 0.25) is 0 Å². The first-order chi connectivity index (χ1) is 7.77. The molecule has 0 atom stereocenters. The fourth-order valence-corrected chi connectivity index (χ4v) is 2.53. The minimum Gasteiger partial charge on any atom is -0.248 e. The second-order valence-corrected chi connectivity index (χ2v) is 4.38. The molecule has 0 amide bonds. The van der Waals surface area contributed by atoms with Crippen molar-refractivity contribution in [2.24, 2.45) is 7.05 Å². The van der Waals surface area contributed by atoms with Gasteiger partial charge in [-0.2, -0.15) is 0 Å². The molecule has 3 nitrogen and oxygen atoms in total. The third-order valence-electron chi connectivity index (χ3n) is 3.30. The minimum atomic E-state index is 1.06. The van der Waals surface area contributed by atoms with E-state index in [4.69, 9.17) is 0 Å². The molecule has 0 aliphatic carbocycles. The summed E-state index contributed by atoms with van der Waals surface area (Å²) in [6.07, 6.45) is 5.16. The predicted molar refractivity (Wildman–Crippen MR) is 63.9 cm³/mol. The summed E-state index contributed by atoms with van der Waals surface area (Å²) in [5, 5.41) is 0. The fraction of sp³-hybridized carbons (Fsp3) is 0.308. The summed E-state index contributed by atoms with van der Waals surface area (Å²) in [6.45, 7) is 3.24. The van der Waals surface area contributed by atoms with Crippen LogP contribution >= 0.6 is 0 Å². The van der Waals surface area contributed by atoms with Gasteiger partial charge < -0.3 is 0 Å². The van der Waals surface area contributed by atoms with Crippen LogP contribution in [0.5, 0.6) is 0 Å². The molecule has 0 bridgehead atoms. The van der Waals surface area contributed by atoms with Crippen LogP contribution in [0.3, 0.4) is 0 Å². The molecule has 0 radical (unpaired) electrons. The van der Waals surface area contributed by atoms with Gasteiger partial charge in [0.25, 0.3) is 0 Å². The lowest BCUT2D eigenvalue weighted by molar-refractivity contribution is -0.657. The van der Waals surface area contributed by atoms with E-state index in [9.17, 15) is 0 Å². The molecule has 2 heterocycles. The number of hydrogen-bond donors (Lipinski definition) is 1. The molecule has 0 saturated heterocycles. The Morgan fingerprint density at radius 3 is 3.00 bits per heavy atom. The SMILES string of the molecule is Cc1cccc2c1N(c1[nH]cc[n+]1C)CC2. The van der Waals surface area contributed by atoms with Gasteiger partial charge in [-0.05, 0) is 18.1 Å². The first-order valence-electron chi connectivity index (χ1n) is 5.66. The number of aryl methyl sites for hydroxylation is 2. The van der Waals surface area contributed by atoms with Crippen molar-refractivity contribution in [1.29, 1.82) is 0 Å². The summed E-state index contributed by atoms with van der Waals surface area (Å²) >= 11 is 0. The van der Waals surface area contributed by atoms with Crippen molar-refractivity contribution in [3.63, 3.8) is 0 Å². The zero-order valence-corrected chi connectivity index (χ0v) is 9.70. The standard InChI is InChI=1S/C13H15N3/c1-10-4-3-5-11-6-8-16(12(10)11)13-14-7-9-15(13)2/h3-5,7,9H,6,8H2,1-2H3/p+1. The van der Waals surface area contributed by atoms with Gasteiger partial charge in [0.1, 0.15) is 5.69 Å². The lowest BCUT2D eigenvalue weighted by Crippen LogP contribution is -2.34. The van der Waals surface area contributed by atoms with E-state index in [2.05, 4.69) is 46.6 Å². The highest BCUT2D eigenvalue weighted by atomic mass is 15.3. The molecule has 1 aromatic carbocycles. The predicted octanol–water partition coefficient (Wildman–Crippen LogP) is 1.84. The molecule has 0 spiro atoms. The molecular formula is C13H16N3+. The van der Waals surface area contributed by atoms with E-state index in [-0.39, 0.29) is 0 Å². The maximum Gasteiger partial charge on any atom is 0.362 e. The molecule has 0 fully saturated rings. The highest BCUT2D eigenvalue weighted by Gasteiger charge is 2.29. The number of rotatable bonds is 1. The number of nitrogens with zero attached hydrogens (tertiary/aromatic N) is 2. The van der Waals surface area contributed by atoms with Crippen LogP contribution in [0, 0.1) is 6.92 Å². The van der Waals surface area contributed by atoms with Gasteiger partial charge in [-0.3, -0.25) is 0 Å². The molecule has 2 aromatic rings. The third-order valence-corrected chi connectivity index (χ3v) is 3.30. The van der Waals surface area contributed by atoms with E-state index in [1.54, 1.807) is 0 Å². The third kappa shape index (κ3) is 1.24. The van der Waals surface area contributed by atoms with Crippen LogP contribution in [0.25, 0.3) is 0 Å². The Kier molecular flexibility index (Phi) is 1.99. The van der Waals surface area contributed by atoms with Crippen molar-refractivity contribution in [3.8, 4) is 0 Å². The largest absolute Gasteiger partial charge is 0.362 e. The van der Waals surface area contributed by atoms with E-state index in [1.165, 1.54) is 16.8 Å². The minimum absolute atomic E-state index is 1.06. The fourth-order valence-electron chi connectivity index (χ4n) is 2.53. The van der Waals surface area contributed by atoms with Crippen molar-refractivity contribution >= 4 is 11.6 Å². The molecule has 1 aliphatic heterocycles. The maximum absolute atomic E-state index is 3.30. The Morgan fingerprint density at radius 1 is 1.38 bits per heavy atom. The maximum atomic E-state index is 3.30. The number of aromatic nitrogens is 2. The Labute approximate surface area is 95.3 Å². The van der Waals surface area contributed by atoms with E-state index in [1.807, 2.05) is 12.4 Å². The van der Waals surface area contributed by atoms with Crippen LogP contribution < -0.4 is 9.47 Å². The summed E-state index contributed by atoms with van der Waals surface area (Å²) in [5.41, 5.74) is 4.18. The van der Waals surface area contributed by atoms with Crippen LogP contribution in [-0.2, 0) is 13.5 Å². The van der Waals surface area contributed by atoms with Crippen LogP contribution in [0.15, 0.2) is 30.6 Å². The summed E-state index contributed by atoms with van der Waals surface area (Å²) in [7, 11) is 2.07. The van der Waals surface area contributed by atoms with E-state index >= 15 is 0 Å². The van der Waals surface area contributed by atoms with Crippen molar-refractivity contribution in [1.82, 2.24) is 4.98 Å². The van der Waals surface area contributed by atoms with Crippen LogP contribution in [-0.4, -0.2) is 11.5 Å². The molecule has 16 heavy (non-hydrogen) atoms. The lowest BCUT2D eigenvalue weighted by atomic mass is 10.1. The highest BCUT2D eigenvalue weighted by molar-refractivity contribution is 5.68. The second-order valence-electron chi connectivity index (χ2n) is 4.38. The second kappa shape index (κ2) is 3.37. The Bertz CT molecular complexity index is 528. The molecule has 1 aliphatic rings. The Balaban J connectivity index is 2.13. The summed E-state index contributed by atoms with van der Waals surface area (Å²) in [4.78, 5) is 5.67.